The van der Waals surface area contributed by atoms with Crippen molar-refractivity contribution in [2.75, 3.05) is 26.3 Å². The number of nitrogens with zero attached hydrogens (tertiary/aromatic N) is 3. The average molecular weight is 618 g/mol. The smallest absolute Gasteiger partial charge is 0.340 e. The molecule has 0 saturated carbocycles. The van der Waals surface area contributed by atoms with Crippen LogP contribution in [0.2, 0.25) is 0 Å². The Morgan fingerprint density at radius 2 is 1.88 bits per heavy atom. The fourth-order valence-corrected chi connectivity index (χ4v) is 7.34. The summed E-state index contributed by atoms with van der Waals surface area (Å²) in [7, 11) is -9.03. The molecule has 0 spiro atoms. The number of ether oxygens (including phenoxy) is 1. The highest BCUT2D eigenvalue weighted by atomic mass is 32.2. The minimum absolute atomic E-state index is 0.0245. The highest BCUT2D eigenvalue weighted by Crippen LogP contribution is 2.30. The first-order chi connectivity index (χ1) is 20.0. The van der Waals surface area contributed by atoms with Crippen molar-refractivity contribution in [3.63, 3.8) is 0 Å². The lowest BCUT2D eigenvalue weighted by Crippen LogP contribution is -2.43. The summed E-state index contributed by atoms with van der Waals surface area (Å²) < 4.78 is 71.9. The Bertz CT molecular complexity index is 1650. The predicted molar refractivity (Wildman–Crippen MR) is 150 cm³/mol. The number of sulfonamides is 1. The summed E-state index contributed by atoms with van der Waals surface area (Å²) in [5.74, 6) is 0.485. The zero-order valence-electron chi connectivity index (χ0n) is 22.8. The highest BCUT2D eigenvalue weighted by molar-refractivity contribution is 7.91. The standard InChI is InChI=1S/C27H31N5O8S2/c1-20-14-23(38-18-21-9-12-32(27(29)30)39-19-21)16-24(15-20)40-42(35,36)26-8-3-2-7-25(26)41(33,34)31(11-5-10-28)17-22-6-4-13-37-22/h2-4,6-8,13-16,21H,5,9,11-12,17-19H2,1H3,(H3,29,30). The summed E-state index contributed by atoms with van der Waals surface area (Å²) in [5, 5.41) is 17.8. The molecule has 1 aromatic heterocycles. The molecule has 2 aromatic carbocycles. The van der Waals surface area contributed by atoms with Crippen molar-refractivity contribution in [3.05, 3.63) is 72.2 Å². The van der Waals surface area contributed by atoms with Crippen molar-refractivity contribution in [3.8, 4) is 17.6 Å². The molecule has 0 bridgehead atoms. The van der Waals surface area contributed by atoms with Crippen LogP contribution in [0.25, 0.3) is 0 Å². The lowest BCUT2D eigenvalue weighted by Gasteiger charge is -2.31. The van der Waals surface area contributed by atoms with Gasteiger partial charge in [-0.1, -0.05) is 12.1 Å². The van der Waals surface area contributed by atoms with E-state index in [0.717, 1.165) is 10.4 Å². The van der Waals surface area contributed by atoms with Crippen molar-refractivity contribution in [1.29, 1.82) is 10.7 Å². The molecule has 3 aromatic rings. The first-order valence-electron chi connectivity index (χ1n) is 12.9. The van der Waals surface area contributed by atoms with Gasteiger partial charge in [0.05, 0.1) is 32.1 Å². The van der Waals surface area contributed by atoms with E-state index in [1.165, 1.54) is 41.7 Å². The van der Waals surface area contributed by atoms with Crippen LogP contribution in [0.3, 0.4) is 0 Å². The van der Waals surface area contributed by atoms with Crippen LogP contribution in [0, 0.1) is 29.6 Å². The van der Waals surface area contributed by atoms with Crippen LogP contribution in [-0.2, 0) is 31.5 Å². The number of nitrogens with two attached hydrogens (primary N) is 1. The fourth-order valence-electron chi connectivity index (χ4n) is 4.24. The maximum Gasteiger partial charge on any atom is 0.340 e. The van der Waals surface area contributed by atoms with Gasteiger partial charge in [-0.3, -0.25) is 10.2 Å². The summed E-state index contributed by atoms with van der Waals surface area (Å²) in [5.41, 5.74) is 6.09. The lowest BCUT2D eigenvalue weighted by atomic mass is 10.1. The van der Waals surface area contributed by atoms with E-state index < -0.39 is 29.9 Å². The first-order valence-corrected chi connectivity index (χ1v) is 15.8. The molecule has 0 radical (unpaired) electrons. The van der Waals surface area contributed by atoms with Crippen LogP contribution in [-0.4, -0.2) is 58.5 Å². The fraction of sp³-hybridized carbons (Fsp3) is 0.333. The number of rotatable bonds is 12. The summed E-state index contributed by atoms with van der Waals surface area (Å²) >= 11 is 0. The SMILES string of the molecule is Cc1cc(OCC2CCN(C(=N)N)OC2)cc(OS(=O)(=O)c2ccccc2S(=O)(=O)N(CCC#N)Cc2ccco2)c1. The minimum Gasteiger partial charge on any atom is -0.493 e. The molecule has 1 fully saturated rings. The van der Waals surface area contributed by atoms with Gasteiger partial charge in [0.25, 0.3) is 0 Å². The molecule has 13 nitrogen and oxygen atoms in total. The molecule has 224 valence electrons. The molecular weight excluding hydrogens is 586 g/mol. The number of hydroxylamine groups is 2. The highest BCUT2D eigenvalue weighted by Gasteiger charge is 2.33. The van der Waals surface area contributed by atoms with Crippen LogP contribution >= 0.6 is 0 Å². The second-order valence-electron chi connectivity index (χ2n) is 9.54. The predicted octanol–water partition coefficient (Wildman–Crippen LogP) is 2.99. The van der Waals surface area contributed by atoms with E-state index >= 15 is 0 Å². The van der Waals surface area contributed by atoms with Crippen LogP contribution in [0.5, 0.6) is 11.5 Å². The van der Waals surface area contributed by atoms with E-state index in [4.69, 9.17) is 34.6 Å². The van der Waals surface area contributed by atoms with Crippen molar-refractivity contribution < 1.29 is 35.0 Å². The molecule has 42 heavy (non-hydrogen) atoms. The summed E-state index contributed by atoms with van der Waals surface area (Å²) in [6.45, 7) is 2.40. The van der Waals surface area contributed by atoms with Crippen molar-refractivity contribution in [1.82, 2.24) is 9.37 Å². The van der Waals surface area contributed by atoms with Gasteiger partial charge in [0.2, 0.25) is 16.0 Å². The third-order valence-corrected chi connectivity index (χ3v) is 9.65. The van der Waals surface area contributed by atoms with Gasteiger partial charge in [0.1, 0.15) is 27.1 Å². The molecule has 15 heteroatoms. The topological polar surface area (TPSA) is 189 Å². The molecule has 0 amide bonds. The van der Waals surface area contributed by atoms with E-state index in [1.54, 1.807) is 25.1 Å². The Hall–Kier alpha value is -4.10. The summed E-state index contributed by atoms with van der Waals surface area (Å²) in [6, 6.07) is 14.8. The van der Waals surface area contributed by atoms with E-state index in [1.807, 2.05) is 6.07 Å². The largest absolute Gasteiger partial charge is 0.493 e. The van der Waals surface area contributed by atoms with E-state index in [2.05, 4.69) is 0 Å². The third-order valence-electron chi connectivity index (χ3n) is 6.31. The molecule has 1 saturated heterocycles. The summed E-state index contributed by atoms with van der Waals surface area (Å²) in [4.78, 5) is 4.39. The molecule has 1 unspecified atom stereocenters. The van der Waals surface area contributed by atoms with E-state index in [0.29, 0.717) is 36.6 Å². The molecule has 2 heterocycles. The molecule has 3 N–H and O–H groups in total. The van der Waals surface area contributed by atoms with Gasteiger partial charge in [-0.15, -0.1) is 0 Å². The van der Waals surface area contributed by atoms with Gasteiger partial charge in [-0.2, -0.15) is 18.0 Å². The van der Waals surface area contributed by atoms with Crippen LogP contribution in [0.15, 0.2) is 75.1 Å². The first kappa shape index (κ1) is 30.8. The lowest BCUT2D eigenvalue weighted by molar-refractivity contribution is -0.149. The molecule has 1 aliphatic rings. The Morgan fingerprint density at radius 3 is 2.52 bits per heavy atom. The Balaban J connectivity index is 1.54. The van der Waals surface area contributed by atoms with Gasteiger partial charge < -0.3 is 19.1 Å². The molecule has 0 aliphatic carbocycles. The summed E-state index contributed by atoms with van der Waals surface area (Å²) in [6.07, 6.45) is 1.96. The molecule has 1 atom stereocenters. The van der Waals surface area contributed by atoms with Gasteiger partial charge in [0, 0.05) is 31.5 Å². The number of furan rings is 1. The van der Waals surface area contributed by atoms with Gasteiger partial charge in [-0.25, -0.2) is 13.5 Å². The van der Waals surface area contributed by atoms with Crippen LogP contribution in [0.1, 0.15) is 24.2 Å². The van der Waals surface area contributed by atoms with Crippen molar-refractivity contribution in [2.45, 2.75) is 36.1 Å². The molecular formula is C27H31N5O8S2. The van der Waals surface area contributed by atoms with Crippen LogP contribution < -0.4 is 14.7 Å². The zero-order valence-corrected chi connectivity index (χ0v) is 24.4. The second-order valence-corrected chi connectivity index (χ2v) is 13.0. The van der Waals surface area contributed by atoms with E-state index in [9.17, 15) is 16.8 Å². The molecule has 1 aliphatic heterocycles. The second kappa shape index (κ2) is 13.3. The number of hydrogen-bond acceptors (Lipinski definition) is 10. The number of benzene rings is 2. The van der Waals surface area contributed by atoms with E-state index in [-0.39, 0.29) is 43.7 Å². The zero-order chi connectivity index (χ0) is 30.3. The Morgan fingerprint density at radius 1 is 1.14 bits per heavy atom. The van der Waals surface area contributed by atoms with Crippen molar-refractivity contribution >= 4 is 26.1 Å². The van der Waals surface area contributed by atoms with Gasteiger partial charge >= 0.3 is 10.1 Å². The maximum absolute atomic E-state index is 13.7. The van der Waals surface area contributed by atoms with Crippen LogP contribution in [0.4, 0.5) is 0 Å². The third kappa shape index (κ3) is 7.59. The minimum atomic E-state index is -4.63. The van der Waals surface area contributed by atoms with Gasteiger partial charge in [0.15, 0.2) is 0 Å². The number of aryl methyl sites for hydroxylation is 1. The number of nitrogens with one attached hydrogen (secondary N) is 1. The van der Waals surface area contributed by atoms with Gasteiger partial charge in [-0.05, 0) is 55.3 Å². The monoisotopic (exact) mass is 617 g/mol. The van der Waals surface area contributed by atoms with Crippen molar-refractivity contribution in [2.24, 2.45) is 11.7 Å². The quantitative estimate of drug-likeness (QED) is 0.173. The average Bonchev–Trinajstić information content (AvgIpc) is 3.47. The number of nitriles is 1. The molecule has 4 rings (SSSR count). The Kier molecular flexibility index (Phi) is 9.74. The number of hydrogen-bond donors (Lipinski definition) is 2. The Labute approximate surface area is 244 Å². The maximum atomic E-state index is 13.7. The number of guanidine groups is 1. The normalized spacial score (nSPS) is 15.7.